The number of amides is 2. The lowest BCUT2D eigenvalue weighted by atomic mass is 10.2. The summed E-state index contributed by atoms with van der Waals surface area (Å²) >= 11 is 0. The molecule has 8 heteroatoms. The van der Waals surface area contributed by atoms with E-state index in [-0.39, 0.29) is 11.8 Å². The monoisotopic (exact) mass is 346 g/mol. The van der Waals surface area contributed by atoms with Gasteiger partial charge < -0.3 is 19.5 Å². The zero-order valence-electron chi connectivity index (χ0n) is 14.8. The van der Waals surface area contributed by atoms with Gasteiger partial charge in [-0.1, -0.05) is 0 Å². The van der Waals surface area contributed by atoms with Crippen molar-refractivity contribution in [1.29, 1.82) is 0 Å². The van der Waals surface area contributed by atoms with Gasteiger partial charge in [0.05, 0.1) is 49.5 Å². The van der Waals surface area contributed by atoms with Crippen LogP contribution in [-0.4, -0.2) is 59.2 Å². The number of piperazine rings is 1. The van der Waals surface area contributed by atoms with Crippen LogP contribution in [0.4, 0.5) is 5.69 Å². The summed E-state index contributed by atoms with van der Waals surface area (Å²) in [6.07, 6.45) is 1.50. The highest BCUT2D eigenvalue weighted by atomic mass is 16.3. The molecule has 1 aliphatic heterocycles. The Morgan fingerprint density at radius 1 is 1.32 bits per heavy atom. The van der Waals surface area contributed by atoms with Gasteiger partial charge in [-0.25, -0.2) is 0 Å². The summed E-state index contributed by atoms with van der Waals surface area (Å²) in [4.78, 5) is 27.5. The van der Waals surface area contributed by atoms with Crippen LogP contribution >= 0.6 is 0 Å². The molecule has 0 bridgehead atoms. The summed E-state index contributed by atoms with van der Waals surface area (Å²) in [7, 11) is 1.86. The Morgan fingerprint density at radius 3 is 2.60 bits per heavy atom. The van der Waals surface area contributed by atoms with Crippen molar-refractivity contribution in [3.63, 3.8) is 0 Å². The number of carbonyl (C=O) groups is 2. The molecule has 3 rings (SSSR count). The number of aryl methyl sites for hydroxylation is 2. The highest BCUT2D eigenvalue weighted by molar-refractivity contribution is 5.93. The predicted octanol–water partition coefficient (Wildman–Crippen LogP) is -0.391. The second-order valence-corrected chi connectivity index (χ2v) is 6.41. The lowest BCUT2D eigenvalue weighted by Gasteiger charge is -2.31. The van der Waals surface area contributed by atoms with E-state index in [0.29, 0.717) is 25.4 Å². The van der Waals surface area contributed by atoms with Crippen molar-refractivity contribution < 1.29 is 18.9 Å². The molecule has 2 aromatic rings. The molecule has 1 saturated heterocycles. The van der Waals surface area contributed by atoms with E-state index in [1.54, 1.807) is 21.7 Å². The van der Waals surface area contributed by atoms with Gasteiger partial charge in [-0.3, -0.25) is 14.3 Å². The van der Waals surface area contributed by atoms with E-state index in [0.717, 1.165) is 30.2 Å². The third kappa shape index (κ3) is 3.74. The molecule has 2 amide bonds. The van der Waals surface area contributed by atoms with E-state index in [1.807, 2.05) is 20.9 Å². The summed E-state index contributed by atoms with van der Waals surface area (Å²) < 4.78 is 6.92. The minimum absolute atomic E-state index is 0.0278. The van der Waals surface area contributed by atoms with Crippen LogP contribution in [-0.2, 0) is 11.8 Å². The molecule has 0 saturated carbocycles. The number of carbonyl (C=O) groups excluding carboxylic acids is 2. The molecule has 0 unspecified atom stereocenters. The molecule has 0 atom stereocenters. The van der Waals surface area contributed by atoms with Gasteiger partial charge in [0.15, 0.2) is 12.3 Å². The SMILES string of the molecule is Cc1nn(C)c(C)c1NC(=O)C[NH+]1CCN(C(=O)c2ccco2)CC1. The van der Waals surface area contributed by atoms with Crippen LogP contribution in [0.1, 0.15) is 21.9 Å². The molecule has 0 spiro atoms. The molecule has 0 aromatic carbocycles. The highest BCUT2D eigenvalue weighted by Crippen LogP contribution is 2.17. The van der Waals surface area contributed by atoms with Gasteiger partial charge in [-0.05, 0) is 26.0 Å². The second kappa shape index (κ2) is 7.10. The van der Waals surface area contributed by atoms with E-state index in [1.165, 1.54) is 11.2 Å². The maximum Gasteiger partial charge on any atom is 0.289 e. The van der Waals surface area contributed by atoms with E-state index in [2.05, 4.69) is 10.4 Å². The number of furan rings is 1. The van der Waals surface area contributed by atoms with Crippen LogP contribution in [0.25, 0.3) is 0 Å². The Balaban J connectivity index is 1.50. The van der Waals surface area contributed by atoms with Gasteiger partial charge in [-0.15, -0.1) is 0 Å². The van der Waals surface area contributed by atoms with Crippen molar-refractivity contribution in [2.24, 2.45) is 7.05 Å². The fourth-order valence-corrected chi connectivity index (χ4v) is 3.12. The molecule has 8 nitrogen and oxygen atoms in total. The quantitative estimate of drug-likeness (QED) is 0.790. The van der Waals surface area contributed by atoms with Gasteiger partial charge in [0.2, 0.25) is 0 Å². The smallest absolute Gasteiger partial charge is 0.289 e. The first kappa shape index (κ1) is 17.2. The standard InChI is InChI=1S/C17H23N5O3/c1-12-16(13(2)20(3)19-12)18-15(23)11-21-6-8-22(9-7-21)17(24)14-5-4-10-25-14/h4-5,10H,6-9,11H2,1-3H3,(H,18,23)/p+1. The molecule has 25 heavy (non-hydrogen) atoms. The van der Waals surface area contributed by atoms with Gasteiger partial charge in [0.25, 0.3) is 11.8 Å². The second-order valence-electron chi connectivity index (χ2n) is 6.41. The number of hydrogen-bond donors (Lipinski definition) is 2. The number of nitrogens with zero attached hydrogens (tertiary/aromatic N) is 3. The van der Waals surface area contributed by atoms with Crippen molar-refractivity contribution in [3.05, 3.63) is 35.5 Å². The van der Waals surface area contributed by atoms with Crippen molar-refractivity contribution in [3.8, 4) is 0 Å². The third-order valence-electron chi connectivity index (χ3n) is 4.67. The number of anilines is 1. The summed E-state index contributed by atoms with van der Waals surface area (Å²) in [5.74, 6) is 0.249. The van der Waals surface area contributed by atoms with Crippen LogP contribution in [0.5, 0.6) is 0 Å². The Morgan fingerprint density at radius 2 is 2.04 bits per heavy atom. The first-order chi connectivity index (χ1) is 12.0. The predicted molar refractivity (Wildman–Crippen MR) is 91.5 cm³/mol. The zero-order chi connectivity index (χ0) is 18.0. The van der Waals surface area contributed by atoms with Crippen molar-refractivity contribution in [1.82, 2.24) is 14.7 Å². The normalized spacial score (nSPS) is 15.4. The van der Waals surface area contributed by atoms with Gasteiger partial charge in [0.1, 0.15) is 0 Å². The summed E-state index contributed by atoms with van der Waals surface area (Å²) in [5.41, 5.74) is 2.55. The topological polar surface area (TPSA) is 84.8 Å². The maximum absolute atomic E-state index is 12.3. The van der Waals surface area contributed by atoms with Crippen LogP contribution in [0.3, 0.4) is 0 Å². The van der Waals surface area contributed by atoms with Crippen LogP contribution in [0.2, 0.25) is 0 Å². The maximum atomic E-state index is 12.3. The molecule has 2 aromatic heterocycles. The molecular formula is C17H24N5O3+. The Labute approximate surface area is 146 Å². The van der Waals surface area contributed by atoms with Crippen molar-refractivity contribution in [2.45, 2.75) is 13.8 Å². The molecule has 1 fully saturated rings. The lowest BCUT2D eigenvalue weighted by molar-refractivity contribution is -0.895. The van der Waals surface area contributed by atoms with Crippen LogP contribution in [0, 0.1) is 13.8 Å². The lowest BCUT2D eigenvalue weighted by Crippen LogP contribution is -3.15. The number of quaternary nitrogens is 1. The molecule has 0 radical (unpaired) electrons. The van der Waals surface area contributed by atoms with Crippen molar-refractivity contribution in [2.75, 3.05) is 38.0 Å². The Hall–Kier alpha value is -2.61. The van der Waals surface area contributed by atoms with Crippen molar-refractivity contribution >= 4 is 17.5 Å². The molecule has 134 valence electrons. The summed E-state index contributed by atoms with van der Waals surface area (Å²) in [6, 6.07) is 3.38. The first-order valence-electron chi connectivity index (χ1n) is 8.42. The summed E-state index contributed by atoms with van der Waals surface area (Å²) in [6.45, 7) is 6.92. The Kier molecular flexibility index (Phi) is 4.89. The van der Waals surface area contributed by atoms with Gasteiger partial charge >= 0.3 is 0 Å². The fraction of sp³-hybridized carbons (Fsp3) is 0.471. The van der Waals surface area contributed by atoms with Gasteiger partial charge in [-0.2, -0.15) is 5.10 Å². The van der Waals surface area contributed by atoms with E-state index < -0.39 is 0 Å². The number of nitrogens with one attached hydrogen (secondary N) is 2. The molecule has 2 N–H and O–H groups in total. The minimum atomic E-state index is -0.0879. The van der Waals surface area contributed by atoms with Crippen LogP contribution < -0.4 is 10.2 Å². The Bertz CT molecular complexity index is 758. The first-order valence-corrected chi connectivity index (χ1v) is 8.42. The summed E-state index contributed by atoms with van der Waals surface area (Å²) in [5, 5.41) is 7.27. The largest absolute Gasteiger partial charge is 0.459 e. The average Bonchev–Trinajstić information content (AvgIpc) is 3.20. The fourth-order valence-electron chi connectivity index (χ4n) is 3.12. The van der Waals surface area contributed by atoms with E-state index in [9.17, 15) is 9.59 Å². The average molecular weight is 346 g/mol. The highest BCUT2D eigenvalue weighted by Gasteiger charge is 2.27. The zero-order valence-corrected chi connectivity index (χ0v) is 14.8. The molecule has 3 heterocycles. The van der Waals surface area contributed by atoms with E-state index in [4.69, 9.17) is 4.42 Å². The molecule has 1 aliphatic rings. The molecule has 0 aliphatic carbocycles. The third-order valence-corrected chi connectivity index (χ3v) is 4.67. The number of rotatable bonds is 4. The number of hydrogen-bond acceptors (Lipinski definition) is 4. The van der Waals surface area contributed by atoms with Crippen LogP contribution in [0.15, 0.2) is 22.8 Å². The minimum Gasteiger partial charge on any atom is -0.459 e. The van der Waals surface area contributed by atoms with E-state index >= 15 is 0 Å². The number of aromatic nitrogens is 2. The van der Waals surface area contributed by atoms with Gasteiger partial charge in [0, 0.05) is 7.05 Å². The molecular weight excluding hydrogens is 322 g/mol.